The molecule has 2 rings (SSSR count). The van der Waals surface area contributed by atoms with E-state index in [0.29, 0.717) is 12.8 Å². The van der Waals surface area contributed by atoms with Gasteiger partial charge in [0.05, 0.1) is 16.7 Å². The molecule has 1 aliphatic rings. The lowest BCUT2D eigenvalue weighted by atomic mass is 10.1. The van der Waals surface area contributed by atoms with E-state index in [0.717, 1.165) is 4.90 Å². The Kier molecular flexibility index (Phi) is 4.02. The number of carbonyl (C=O) groups is 4. The average Bonchev–Trinajstić information content (AvgIpc) is 2.67. The van der Waals surface area contributed by atoms with E-state index in [1.165, 1.54) is 18.2 Å². The molecule has 0 atom stereocenters. The van der Waals surface area contributed by atoms with Crippen molar-refractivity contribution in [2.24, 2.45) is 5.73 Å². The predicted octanol–water partition coefficient (Wildman–Crippen LogP) is 0.636. The molecule has 1 aromatic carbocycles. The number of carboxylic acid groups (broad SMARTS) is 1. The molecular formula is C14H14N2O5. The first-order valence-electron chi connectivity index (χ1n) is 6.43. The number of carboxylic acids is 1. The zero-order valence-corrected chi connectivity index (χ0v) is 11.2. The van der Waals surface area contributed by atoms with Gasteiger partial charge in [-0.1, -0.05) is 0 Å². The summed E-state index contributed by atoms with van der Waals surface area (Å²) in [5.41, 5.74) is 5.29. The van der Waals surface area contributed by atoms with E-state index in [4.69, 9.17) is 10.8 Å². The molecule has 7 nitrogen and oxygen atoms in total. The van der Waals surface area contributed by atoms with Crippen LogP contribution >= 0.6 is 0 Å². The first-order chi connectivity index (χ1) is 9.91. The van der Waals surface area contributed by atoms with Crippen molar-refractivity contribution in [1.29, 1.82) is 0 Å². The second-order valence-electron chi connectivity index (χ2n) is 4.75. The summed E-state index contributed by atoms with van der Waals surface area (Å²) in [6, 6.07) is 3.85. The Labute approximate surface area is 120 Å². The number of carbonyl (C=O) groups excluding carboxylic acids is 3. The smallest absolute Gasteiger partial charge is 0.335 e. The Morgan fingerprint density at radius 1 is 1.10 bits per heavy atom. The molecule has 1 heterocycles. The number of fused-ring (bicyclic) bond motifs is 1. The van der Waals surface area contributed by atoms with Crippen molar-refractivity contribution in [2.45, 2.75) is 19.3 Å². The number of imide groups is 1. The fourth-order valence-electron chi connectivity index (χ4n) is 2.20. The van der Waals surface area contributed by atoms with Crippen molar-refractivity contribution in [1.82, 2.24) is 4.90 Å². The highest BCUT2D eigenvalue weighted by molar-refractivity contribution is 6.21. The van der Waals surface area contributed by atoms with Crippen molar-refractivity contribution in [3.8, 4) is 0 Å². The van der Waals surface area contributed by atoms with Crippen LogP contribution in [0.1, 0.15) is 50.3 Å². The maximum atomic E-state index is 12.1. The molecule has 0 aromatic heterocycles. The molecule has 0 saturated carbocycles. The number of nitrogens with zero attached hydrogens (tertiary/aromatic N) is 1. The van der Waals surface area contributed by atoms with Crippen molar-refractivity contribution in [3.05, 3.63) is 34.9 Å². The third kappa shape index (κ3) is 2.91. The number of hydrogen-bond donors (Lipinski definition) is 2. The SMILES string of the molecule is NC(=O)CCCCN1C(=O)c2ccc(C(=O)O)cc2C1=O. The quantitative estimate of drug-likeness (QED) is 0.588. The van der Waals surface area contributed by atoms with Gasteiger partial charge in [0.1, 0.15) is 0 Å². The molecule has 0 unspecified atom stereocenters. The number of rotatable bonds is 6. The van der Waals surface area contributed by atoms with Gasteiger partial charge in [-0.2, -0.15) is 0 Å². The topological polar surface area (TPSA) is 118 Å². The largest absolute Gasteiger partial charge is 0.478 e. The molecule has 1 aliphatic heterocycles. The number of aromatic carboxylic acids is 1. The highest BCUT2D eigenvalue weighted by Gasteiger charge is 2.35. The van der Waals surface area contributed by atoms with Gasteiger partial charge in [-0.3, -0.25) is 19.3 Å². The van der Waals surface area contributed by atoms with Gasteiger partial charge in [0.15, 0.2) is 0 Å². The van der Waals surface area contributed by atoms with Crippen LogP contribution in [0.15, 0.2) is 18.2 Å². The Bertz CT molecular complexity index is 638. The maximum Gasteiger partial charge on any atom is 0.335 e. The molecule has 1 aromatic rings. The molecule has 3 N–H and O–H groups in total. The van der Waals surface area contributed by atoms with Crippen molar-refractivity contribution in [2.75, 3.05) is 6.54 Å². The van der Waals surface area contributed by atoms with Crippen LogP contribution < -0.4 is 5.73 Å². The van der Waals surface area contributed by atoms with E-state index in [2.05, 4.69) is 0 Å². The molecule has 0 saturated heterocycles. The minimum atomic E-state index is -1.15. The van der Waals surface area contributed by atoms with Gasteiger partial charge in [0.2, 0.25) is 5.91 Å². The van der Waals surface area contributed by atoms with Crippen molar-refractivity contribution < 1.29 is 24.3 Å². The van der Waals surface area contributed by atoms with Crippen LogP contribution in [0, 0.1) is 0 Å². The summed E-state index contributed by atoms with van der Waals surface area (Å²) in [4.78, 5) is 46.8. The molecule has 21 heavy (non-hydrogen) atoms. The second kappa shape index (κ2) is 5.74. The standard InChI is InChI=1S/C14H14N2O5/c15-11(17)3-1-2-6-16-12(18)9-5-4-8(14(20)21)7-10(9)13(16)19/h4-5,7H,1-3,6H2,(H2,15,17)(H,20,21). The molecule has 0 bridgehead atoms. The number of hydrogen-bond acceptors (Lipinski definition) is 4. The van der Waals surface area contributed by atoms with Crippen LogP contribution in [-0.2, 0) is 4.79 Å². The fraction of sp³-hybridized carbons (Fsp3) is 0.286. The van der Waals surface area contributed by atoms with Crippen LogP contribution in [0.4, 0.5) is 0 Å². The second-order valence-corrected chi connectivity index (χ2v) is 4.75. The van der Waals surface area contributed by atoms with Gasteiger partial charge in [-0.15, -0.1) is 0 Å². The van der Waals surface area contributed by atoms with E-state index in [1.54, 1.807) is 0 Å². The van der Waals surface area contributed by atoms with Crippen molar-refractivity contribution in [3.63, 3.8) is 0 Å². The number of benzene rings is 1. The molecular weight excluding hydrogens is 276 g/mol. The molecule has 7 heteroatoms. The number of primary amides is 1. The molecule has 0 radical (unpaired) electrons. The van der Waals surface area contributed by atoms with Crippen LogP contribution in [0.3, 0.4) is 0 Å². The zero-order valence-electron chi connectivity index (χ0n) is 11.2. The maximum absolute atomic E-state index is 12.1. The van der Waals surface area contributed by atoms with E-state index in [1.807, 2.05) is 0 Å². The van der Waals surface area contributed by atoms with E-state index in [9.17, 15) is 19.2 Å². The van der Waals surface area contributed by atoms with Gasteiger partial charge in [0.25, 0.3) is 11.8 Å². The van der Waals surface area contributed by atoms with E-state index < -0.39 is 23.7 Å². The monoisotopic (exact) mass is 290 g/mol. The zero-order chi connectivity index (χ0) is 15.6. The third-order valence-corrected chi connectivity index (χ3v) is 3.27. The summed E-state index contributed by atoms with van der Waals surface area (Å²) < 4.78 is 0. The number of amides is 3. The van der Waals surface area contributed by atoms with Gasteiger partial charge in [0, 0.05) is 13.0 Å². The first-order valence-corrected chi connectivity index (χ1v) is 6.43. The van der Waals surface area contributed by atoms with Crippen LogP contribution in [0.5, 0.6) is 0 Å². The summed E-state index contributed by atoms with van der Waals surface area (Å²) in [6.45, 7) is 0.183. The Morgan fingerprint density at radius 2 is 1.76 bits per heavy atom. The molecule has 110 valence electrons. The normalized spacial score (nSPS) is 13.4. The molecule has 0 spiro atoms. The van der Waals surface area contributed by atoms with Crippen molar-refractivity contribution >= 4 is 23.7 Å². The summed E-state index contributed by atoms with van der Waals surface area (Å²) in [5.74, 6) is -2.52. The fourth-order valence-corrected chi connectivity index (χ4v) is 2.20. The predicted molar refractivity (Wildman–Crippen MR) is 71.8 cm³/mol. The van der Waals surface area contributed by atoms with Gasteiger partial charge in [-0.25, -0.2) is 4.79 Å². The molecule has 0 aliphatic carbocycles. The molecule has 3 amide bonds. The summed E-state index contributed by atoms with van der Waals surface area (Å²) in [6.07, 6.45) is 1.16. The molecule has 0 fully saturated rings. The lowest BCUT2D eigenvalue weighted by Gasteiger charge is -2.12. The Morgan fingerprint density at radius 3 is 2.38 bits per heavy atom. The first kappa shape index (κ1) is 14.7. The van der Waals surface area contributed by atoms with E-state index in [-0.39, 0.29) is 29.7 Å². The van der Waals surface area contributed by atoms with Gasteiger partial charge in [-0.05, 0) is 31.0 Å². The van der Waals surface area contributed by atoms with E-state index >= 15 is 0 Å². The highest BCUT2D eigenvalue weighted by Crippen LogP contribution is 2.24. The van der Waals surface area contributed by atoms with Crippen LogP contribution in [-0.4, -0.2) is 40.2 Å². The highest BCUT2D eigenvalue weighted by atomic mass is 16.4. The van der Waals surface area contributed by atoms with Crippen LogP contribution in [0.25, 0.3) is 0 Å². The van der Waals surface area contributed by atoms with Gasteiger partial charge >= 0.3 is 5.97 Å². The lowest BCUT2D eigenvalue weighted by Crippen LogP contribution is -2.30. The summed E-state index contributed by atoms with van der Waals surface area (Å²) in [5, 5.41) is 8.91. The van der Waals surface area contributed by atoms with Crippen LogP contribution in [0.2, 0.25) is 0 Å². The number of nitrogens with two attached hydrogens (primary N) is 1. The third-order valence-electron chi connectivity index (χ3n) is 3.27. The average molecular weight is 290 g/mol. The summed E-state index contributed by atoms with van der Waals surface area (Å²) in [7, 11) is 0. The minimum absolute atomic E-state index is 0.0366. The Hall–Kier alpha value is -2.70. The summed E-state index contributed by atoms with van der Waals surface area (Å²) >= 11 is 0. The Balaban J connectivity index is 2.11. The lowest BCUT2D eigenvalue weighted by molar-refractivity contribution is -0.118. The van der Waals surface area contributed by atoms with Gasteiger partial charge < -0.3 is 10.8 Å². The number of unbranched alkanes of at least 4 members (excludes halogenated alkanes) is 1. The minimum Gasteiger partial charge on any atom is -0.478 e.